The number of nitrogens with zero attached hydrogens (tertiary/aromatic N) is 3. The summed E-state index contributed by atoms with van der Waals surface area (Å²) in [5, 5.41) is 13.8. The molecule has 2 aromatic heterocycles. The predicted octanol–water partition coefficient (Wildman–Crippen LogP) is 2.63. The molecule has 5 atom stereocenters. The van der Waals surface area contributed by atoms with Crippen LogP contribution in [-0.4, -0.2) is 83.4 Å². The highest BCUT2D eigenvalue weighted by atomic mass is 35.5. The topological polar surface area (TPSA) is 193 Å². The molecule has 3 rings (SSSR count). The number of imidazole rings is 1. The normalized spacial score (nSPS) is 22.8. The fourth-order valence-corrected chi connectivity index (χ4v) is 7.50. The van der Waals surface area contributed by atoms with Crippen molar-refractivity contribution in [1.29, 1.82) is 0 Å². The van der Waals surface area contributed by atoms with Crippen LogP contribution in [0.5, 0.6) is 0 Å². The molecule has 1 aliphatic rings. The summed E-state index contributed by atoms with van der Waals surface area (Å²) in [7, 11) is 0. The predicted molar refractivity (Wildman–Crippen MR) is 164 cm³/mol. The molecule has 0 saturated carbocycles. The second-order valence-corrected chi connectivity index (χ2v) is 16.5. The van der Waals surface area contributed by atoms with Crippen molar-refractivity contribution in [2.45, 2.75) is 76.5 Å². The first-order valence-electron chi connectivity index (χ1n) is 12.8. The molecule has 19 heteroatoms. The Labute approximate surface area is 261 Å². The van der Waals surface area contributed by atoms with Gasteiger partial charge in [0.2, 0.25) is 5.95 Å². The lowest BCUT2D eigenvalue weighted by Gasteiger charge is -2.28. The summed E-state index contributed by atoms with van der Waals surface area (Å²) in [5.74, 6) is -0.459. The molecule has 42 heavy (non-hydrogen) atoms. The van der Waals surface area contributed by atoms with Crippen molar-refractivity contribution in [2.24, 2.45) is 5.41 Å². The van der Waals surface area contributed by atoms with Gasteiger partial charge in [0.25, 0.3) is 12.2 Å². The van der Waals surface area contributed by atoms with Crippen LogP contribution >= 0.6 is 41.6 Å². The molecular formula is C23H35Cl2N6O8PS2. The lowest BCUT2D eigenvalue weighted by molar-refractivity contribution is -0.149. The summed E-state index contributed by atoms with van der Waals surface area (Å²) in [6, 6.07) is -0.906. The molecule has 1 aliphatic heterocycles. The van der Waals surface area contributed by atoms with Crippen molar-refractivity contribution in [3.8, 4) is 0 Å². The van der Waals surface area contributed by atoms with Gasteiger partial charge in [0.15, 0.2) is 26.8 Å². The summed E-state index contributed by atoms with van der Waals surface area (Å²) in [6.07, 6.45) is -3.02. The van der Waals surface area contributed by atoms with Crippen LogP contribution in [0.25, 0.3) is 11.2 Å². The second kappa shape index (κ2) is 13.8. The molecule has 0 amide bonds. The molecule has 0 aliphatic carbocycles. The van der Waals surface area contributed by atoms with Crippen LogP contribution < -0.4 is 16.4 Å². The van der Waals surface area contributed by atoms with Gasteiger partial charge in [-0.15, -0.1) is 0 Å². The van der Waals surface area contributed by atoms with E-state index in [0.29, 0.717) is 0 Å². The zero-order valence-electron chi connectivity index (χ0n) is 23.8. The van der Waals surface area contributed by atoms with Crippen molar-refractivity contribution in [2.75, 3.05) is 24.7 Å². The number of nitrogens with two attached hydrogens (primary N) is 1. The third-order valence-corrected chi connectivity index (χ3v) is 10.5. The average Bonchev–Trinajstić information content (AvgIpc) is 3.37. The Kier molecular flexibility index (Phi) is 11.5. The number of hydrogen-bond acceptors (Lipinski definition) is 13. The van der Waals surface area contributed by atoms with E-state index >= 15 is 0 Å². The minimum atomic E-state index is -3.44. The number of aromatic nitrogens is 4. The third kappa shape index (κ3) is 8.43. The van der Waals surface area contributed by atoms with Gasteiger partial charge in [-0.3, -0.25) is 23.9 Å². The van der Waals surface area contributed by atoms with E-state index in [4.69, 9.17) is 59.3 Å². The van der Waals surface area contributed by atoms with Crippen molar-refractivity contribution in [3.63, 3.8) is 0 Å². The van der Waals surface area contributed by atoms with Crippen LogP contribution in [0, 0.1) is 5.41 Å². The Morgan fingerprint density at radius 2 is 2.02 bits per heavy atom. The van der Waals surface area contributed by atoms with E-state index in [1.807, 2.05) is 20.8 Å². The number of nitrogen functional groups attached to an aromatic ring is 1. The number of ether oxygens (including phenoxy) is 2. The Bertz CT molecular complexity index is 1400. The summed E-state index contributed by atoms with van der Waals surface area (Å²) < 4.78 is 22.4. The molecule has 1 unspecified atom stereocenters. The van der Waals surface area contributed by atoms with Gasteiger partial charge in [-0.05, 0) is 32.6 Å². The number of aliphatic hydroxyl groups is 1. The molecule has 3 heterocycles. The summed E-state index contributed by atoms with van der Waals surface area (Å²) in [6.45, 7) is 6.62. The Morgan fingerprint density at radius 1 is 1.36 bits per heavy atom. The van der Waals surface area contributed by atoms with E-state index in [2.05, 4.69) is 20.0 Å². The number of H-pyrrole nitrogens is 1. The van der Waals surface area contributed by atoms with Gasteiger partial charge in [0.05, 0.1) is 25.6 Å². The second-order valence-electron chi connectivity index (χ2n) is 10.8. The fourth-order valence-electron chi connectivity index (χ4n) is 3.64. The minimum Gasteiger partial charge on any atom is -0.462 e. The maximum atomic E-state index is 12.5. The maximum absolute atomic E-state index is 12.5. The maximum Gasteiger partial charge on any atom is 0.323 e. The third-order valence-electron chi connectivity index (χ3n) is 5.74. The van der Waals surface area contributed by atoms with Crippen molar-refractivity contribution in [1.82, 2.24) is 24.6 Å². The lowest BCUT2D eigenvalue weighted by atomic mass is 10.00. The van der Waals surface area contributed by atoms with E-state index in [1.54, 1.807) is 20.8 Å². The summed E-state index contributed by atoms with van der Waals surface area (Å²) in [4.78, 5) is 47.4. The van der Waals surface area contributed by atoms with Crippen LogP contribution in [0.3, 0.4) is 0 Å². The van der Waals surface area contributed by atoms with Gasteiger partial charge < -0.3 is 29.4 Å². The highest BCUT2D eigenvalue weighted by Crippen LogP contribution is 2.50. The van der Waals surface area contributed by atoms with Crippen molar-refractivity contribution < 1.29 is 33.2 Å². The molecule has 0 bridgehead atoms. The van der Waals surface area contributed by atoms with E-state index in [-0.39, 0.29) is 47.3 Å². The zero-order valence-corrected chi connectivity index (χ0v) is 27.9. The molecule has 0 aromatic carbocycles. The minimum absolute atomic E-state index is 0.0248. The number of alkyl halides is 2. The average molecular weight is 690 g/mol. The number of hydrogen-bond donors (Lipinski definition) is 4. The number of aromatic amines is 1. The number of esters is 1. The van der Waals surface area contributed by atoms with Crippen molar-refractivity contribution >= 4 is 81.6 Å². The molecule has 14 nitrogen and oxygen atoms in total. The smallest absolute Gasteiger partial charge is 0.323 e. The molecule has 0 radical (unpaired) electrons. The molecular weight excluding hydrogens is 654 g/mol. The monoisotopic (exact) mass is 688 g/mol. The highest BCUT2D eigenvalue weighted by molar-refractivity contribution is 8.13. The van der Waals surface area contributed by atoms with Gasteiger partial charge in [0, 0.05) is 11.2 Å². The van der Waals surface area contributed by atoms with Crippen LogP contribution in [0.15, 0.2) is 11.1 Å². The quantitative estimate of drug-likeness (QED) is 0.110. The van der Waals surface area contributed by atoms with Crippen LogP contribution in [0.2, 0.25) is 0 Å². The van der Waals surface area contributed by atoms with E-state index in [0.717, 1.165) is 11.8 Å². The van der Waals surface area contributed by atoms with Crippen molar-refractivity contribution in [3.05, 3.63) is 16.7 Å². The van der Waals surface area contributed by atoms with Crippen LogP contribution in [0.4, 0.5) is 5.95 Å². The van der Waals surface area contributed by atoms with Crippen LogP contribution in [0.1, 0.15) is 47.8 Å². The number of fused-ring (bicyclic) bond motifs is 1. The van der Waals surface area contributed by atoms with Gasteiger partial charge >= 0.3 is 5.97 Å². The SMILES string of the molecule is CC(C)OC(=O)[C@@H](C)NP(=S)(OCCSC(=O)C(C)(C)C)OC[C@H]1O[C@@H](n2cnc3c(=O)[nH]c(N)nc32)C(Cl)(Cl)[C@@H]1O. The number of anilines is 1. The number of rotatable bonds is 12. The number of carbonyl (C=O) groups is 2. The van der Waals surface area contributed by atoms with Gasteiger partial charge in [0.1, 0.15) is 18.2 Å². The Balaban J connectivity index is 1.77. The lowest BCUT2D eigenvalue weighted by Crippen LogP contribution is -2.39. The number of halogens is 2. The van der Waals surface area contributed by atoms with E-state index < -0.39 is 52.4 Å². The Morgan fingerprint density at radius 3 is 2.64 bits per heavy atom. The number of nitrogens with one attached hydrogen (secondary N) is 2. The number of thioether (sulfide) groups is 1. The first-order chi connectivity index (χ1) is 19.4. The molecule has 5 N–H and O–H groups in total. The standard InChI is InChI=1S/C23H35Cl2N6O8PS2/c1-11(2)38-18(34)12(3)30-40(41,36-7-8-42-20(35)22(4,5)6)37-9-13-15(32)23(24,25)19(39-13)31-10-27-14-16(31)28-21(26)29-17(14)33/h10-13,15,19,32H,7-9H2,1-6H3,(H,30,41)(H3,26,28,29,33)/t12-,13-,15-,19-,40?/m1/s1. The largest absolute Gasteiger partial charge is 0.462 e. The molecule has 1 fully saturated rings. The molecule has 236 valence electrons. The number of aliphatic hydroxyl groups excluding tert-OH is 1. The molecule has 0 spiro atoms. The van der Waals surface area contributed by atoms with Gasteiger partial charge in [-0.2, -0.15) is 4.98 Å². The van der Waals surface area contributed by atoms with E-state index in [1.165, 1.54) is 10.9 Å². The Hall–Kier alpha value is -1.33. The fraction of sp³-hybridized carbons (Fsp3) is 0.696. The van der Waals surface area contributed by atoms with E-state index in [9.17, 15) is 19.5 Å². The van der Waals surface area contributed by atoms with Crippen LogP contribution in [-0.2, 0) is 39.9 Å². The summed E-state index contributed by atoms with van der Waals surface area (Å²) in [5.41, 5.74) is 4.56. The van der Waals surface area contributed by atoms with Gasteiger partial charge in [-0.25, -0.2) is 10.1 Å². The molecule has 1 saturated heterocycles. The number of carbonyl (C=O) groups excluding carboxylic acids is 2. The first kappa shape index (κ1) is 35.2. The van der Waals surface area contributed by atoms with Gasteiger partial charge in [-0.1, -0.05) is 55.7 Å². The molecule has 2 aromatic rings. The summed E-state index contributed by atoms with van der Waals surface area (Å²) >= 11 is 19.8. The first-order valence-corrected chi connectivity index (χ1v) is 17.2. The highest BCUT2D eigenvalue weighted by Gasteiger charge is 2.56. The zero-order chi connectivity index (χ0) is 31.6.